The van der Waals surface area contributed by atoms with Crippen LogP contribution in [0.3, 0.4) is 0 Å². The molecule has 0 radical (unpaired) electrons. The predicted molar refractivity (Wildman–Crippen MR) is 212 cm³/mol. The molecule has 2 heterocycles. The standard InChI is InChI=1S/C42H52N2S2/c1-5-9-27-43(28-10-6-2)37-21-13-33(14-22-37)17-25-39-31-35-19-20-36-32-40(46-42(36)41(35)45-39)26-18-34-15-23-38(24-16-34)44(29-11-7-3)30-12-8-4/h13-26,31-32H,5-12,27-30H2,1-4H3/b25-17+,26-18+. The van der Waals surface area contributed by atoms with Gasteiger partial charge in [0.05, 0.1) is 9.40 Å². The largest absolute Gasteiger partial charge is 0.372 e. The number of rotatable bonds is 18. The summed E-state index contributed by atoms with van der Waals surface area (Å²) in [6.07, 6.45) is 19.0. The quantitative estimate of drug-likeness (QED) is 0.0933. The Hall–Kier alpha value is -3.34. The molecule has 46 heavy (non-hydrogen) atoms. The normalized spacial score (nSPS) is 11.9. The second-order valence-corrected chi connectivity index (χ2v) is 14.6. The van der Waals surface area contributed by atoms with Gasteiger partial charge in [-0.25, -0.2) is 0 Å². The van der Waals surface area contributed by atoms with Crippen molar-refractivity contribution >= 4 is 78.5 Å². The fraction of sp³-hybridized carbons (Fsp3) is 0.381. The minimum atomic E-state index is 1.15. The zero-order chi connectivity index (χ0) is 32.1. The van der Waals surface area contributed by atoms with Crippen molar-refractivity contribution in [3.8, 4) is 0 Å². The third-order valence-electron chi connectivity index (χ3n) is 8.73. The molecule has 2 nitrogen and oxygen atoms in total. The summed E-state index contributed by atoms with van der Waals surface area (Å²) in [4.78, 5) is 7.71. The fourth-order valence-corrected chi connectivity index (χ4v) is 8.16. The number of hydrogen-bond acceptors (Lipinski definition) is 4. The Morgan fingerprint density at radius 3 is 1.13 bits per heavy atom. The number of hydrogen-bond donors (Lipinski definition) is 0. The molecule has 0 N–H and O–H groups in total. The fourth-order valence-electron chi connectivity index (χ4n) is 5.88. The topological polar surface area (TPSA) is 6.48 Å². The second kappa shape index (κ2) is 17.5. The summed E-state index contributed by atoms with van der Waals surface area (Å²) in [5.41, 5.74) is 5.20. The Labute approximate surface area is 286 Å². The van der Waals surface area contributed by atoms with Crippen LogP contribution in [0, 0.1) is 0 Å². The van der Waals surface area contributed by atoms with Crippen molar-refractivity contribution in [2.45, 2.75) is 79.1 Å². The average molecular weight is 649 g/mol. The first-order chi connectivity index (χ1) is 22.6. The van der Waals surface area contributed by atoms with Crippen molar-refractivity contribution in [1.29, 1.82) is 0 Å². The number of nitrogens with zero attached hydrogens (tertiary/aromatic N) is 2. The van der Waals surface area contributed by atoms with Gasteiger partial charge in [0.2, 0.25) is 0 Å². The predicted octanol–water partition coefficient (Wildman–Crippen LogP) is 13.3. The van der Waals surface area contributed by atoms with Crippen LogP contribution in [0.5, 0.6) is 0 Å². The van der Waals surface area contributed by atoms with E-state index in [1.54, 1.807) is 0 Å². The Morgan fingerprint density at radius 2 is 0.804 bits per heavy atom. The lowest BCUT2D eigenvalue weighted by Gasteiger charge is -2.24. The zero-order valence-corrected chi connectivity index (χ0v) is 30.1. The van der Waals surface area contributed by atoms with Crippen LogP contribution in [0.25, 0.3) is 44.5 Å². The van der Waals surface area contributed by atoms with Crippen LogP contribution in [0.2, 0.25) is 0 Å². The molecular weight excluding hydrogens is 597 g/mol. The van der Waals surface area contributed by atoms with Crippen LogP contribution in [0.4, 0.5) is 11.4 Å². The lowest BCUT2D eigenvalue weighted by atomic mass is 10.1. The lowest BCUT2D eigenvalue weighted by Crippen LogP contribution is -2.25. The maximum absolute atomic E-state index is 2.55. The Kier molecular flexibility index (Phi) is 13.0. The van der Waals surface area contributed by atoms with Crippen molar-refractivity contribution in [3.63, 3.8) is 0 Å². The van der Waals surface area contributed by atoms with Crippen molar-refractivity contribution < 1.29 is 0 Å². The molecule has 2 aromatic heterocycles. The van der Waals surface area contributed by atoms with Gasteiger partial charge < -0.3 is 9.80 Å². The van der Waals surface area contributed by atoms with Crippen LogP contribution >= 0.6 is 22.7 Å². The molecule has 0 unspecified atom stereocenters. The van der Waals surface area contributed by atoms with Gasteiger partial charge in [-0.05, 0) is 96.1 Å². The molecule has 0 amide bonds. The lowest BCUT2D eigenvalue weighted by molar-refractivity contribution is 0.678. The van der Waals surface area contributed by atoms with E-state index in [1.165, 1.54) is 104 Å². The number of fused-ring (bicyclic) bond motifs is 3. The summed E-state index contributed by atoms with van der Waals surface area (Å²) >= 11 is 3.80. The summed E-state index contributed by atoms with van der Waals surface area (Å²) in [5.74, 6) is 0. The zero-order valence-electron chi connectivity index (χ0n) is 28.4. The molecular formula is C42H52N2S2. The van der Waals surface area contributed by atoms with Gasteiger partial charge in [-0.2, -0.15) is 0 Å². The number of thiophene rings is 2. The van der Waals surface area contributed by atoms with E-state index in [2.05, 4.69) is 135 Å². The molecule has 4 heteroatoms. The first-order valence-electron chi connectivity index (χ1n) is 17.6. The summed E-state index contributed by atoms with van der Waals surface area (Å²) in [6, 6.07) is 27.5. The van der Waals surface area contributed by atoms with E-state index in [-0.39, 0.29) is 0 Å². The van der Waals surface area contributed by atoms with Gasteiger partial charge in [-0.1, -0.05) is 102 Å². The van der Waals surface area contributed by atoms with Gasteiger partial charge in [0.25, 0.3) is 0 Å². The molecule has 0 fully saturated rings. The number of unbranched alkanes of at least 4 members (excludes halogenated alkanes) is 4. The van der Waals surface area contributed by atoms with E-state index in [0.717, 1.165) is 26.2 Å². The Bertz CT molecular complexity index is 1540. The SMILES string of the molecule is CCCCN(CCCC)c1ccc(/C=C/c2cc3ccc4cc(/C=C/c5ccc(N(CCCC)CCCC)cc5)sc4c3s2)cc1. The van der Waals surface area contributed by atoms with Gasteiger partial charge in [0, 0.05) is 47.3 Å². The van der Waals surface area contributed by atoms with Crippen LogP contribution in [0.1, 0.15) is 99.9 Å². The van der Waals surface area contributed by atoms with Gasteiger partial charge >= 0.3 is 0 Å². The Morgan fingerprint density at radius 1 is 0.457 bits per heavy atom. The smallest absolute Gasteiger partial charge is 0.0527 e. The molecule has 0 spiro atoms. The third-order valence-corrected chi connectivity index (χ3v) is 11.1. The summed E-state index contributed by atoms with van der Waals surface area (Å²) in [6.45, 7) is 13.7. The highest BCUT2D eigenvalue weighted by Gasteiger charge is 2.09. The highest BCUT2D eigenvalue weighted by atomic mass is 32.1. The minimum Gasteiger partial charge on any atom is -0.372 e. The Balaban J connectivity index is 1.27. The van der Waals surface area contributed by atoms with Crippen molar-refractivity contribution in [2.75, 3.05) is 36.0 Å². The first kappa shape index (κ1) is 34.0. The van der Waals surface area contributed by atoms with Crippen LogP contribution in [0.15, 0.2) is 72.8 Å². The molecule has 242 valence electrons. The summed E-state index contributed by atoms with van der Waals surface area (Å²) in [7, 11) is 0. The third kappa shape index (κ3) is 9.14. The van der Waals surface area contributed by atoms with Crippen LogP contribution < -0.4 is 9.80 Å². The van der Waals surface area contributed by atoms with E-state index in [4.69, 9.17) is 0 Å². The van der Waals surface area contributed by atoms with E-state index < -0.39 is 0 Å². The highest BCUT2D eigenvalue weighted by Crippen LogP contribution is 2.38. The molecule has 0 saturated carbocycles. The van der Waals surface area contributed by atoms with Gasteiger partial charge in [-0.3, -0.25) is 0 Å². The maximum atomic E-state index is 2.55. The molecule has 0 bridgehead atoms. The molecule has 0 aliphatic rings. The van der Waals surface area contributed by atoms with Crippen molar-refractivity contribution in [2.24, 2.45) is 0 Å². The van der Waals surface area contributed by atoms with E-state index in [1.807, 2.05) is 22.7 Å². The number of benzene rings is 3. The maximum Gasteiger partial charge on any atom is 0.0527 e. The molecule has 0 aliphatic heterocycles. The molecule has 0 atom stereocenters. The van der Waals surface area contributed by atoms with Crippen molar-refractivity contribution in [1.82, 2.24) is 0 Å². The molecule has 5 rings (SSSR count). The molecule has 5 aromatic rings. The molecule has 3 aromatic carbocycles. The summed E-state index contributed by atoms with van der Waals surface area (Å²) < 4.78 is 2.78. The van der Waals surface area contributed by atoms with Gasteiger partial charge in [0.1, 0.15) is 0 Å². The monoisotopic (exact) mass is 648 g/mol. The van der Waals surface area contributed by atoms with E-state index >= 15 is 0 Å². The minimum absolute atomic E-state index is 1.15. The van der Waals surface area contributed by atoms with Crippen molar-refractivity contribution in [3.05, 3.63) is 93.7 Å². The first-order valence-corrected chi connectivity index (χ1v) is 19.3. The van der Waals surface area contributed by atoms with E-state index in [9.17, 15) is 0 Å². The highest BCUT2D eigenvalue weighted by molar-refractivity contribution is 7.28. The number of anilines is 2. The second-order valence-electron chi connectivity index (χ2n) is 12.4. The van der Waals surface area contributed by atoms with Gasteiger partial charge in [-0.15, -0.1) is 22.7 Å². The summed E-state index contributed by atoms with van der Waals surface area (Å²) in [5, 5.41) is 2.66. The van der Waals surface area contributed by atoms with E-state index in [0.29, 0.717) is 0 Å². The molecule has 0 saturated heterocycles. The molecule has 0 aliphatic carbocycles. The van der Waals surface area contributed by atoms with Gasteiger partial charge in [0.15, 0.2) is 0 Å². The average Bonchev–Trinajstić information content (AvgIpc) is 3.71. The van der Waals surface area contributed by atoms with Crippen LogP contribution in [-0.2, 0) is 0 Å². The van der Waals surface area contributed by atoms with Crippen LogP contribution in [-0.4, -0.2) is 26.2 Å².